The van der Waals surface area contributed by atoms with Gasteiger partial charge in [-0.25, -0.2) is 4.98 Å². The Kier molecular flexibility index (Phi) is 4.83. The van der Waals surface area contributed by atoms with Crippen LogP contribution in [0.2, 0.25) is 0 Å². The van der Waals surface area contributed by atoms with E-state index in [4.69, 9.17) is 0 Å². The molecule has 0 spiro atoms. The quantitative estimate of drug-likeness (QED) is 0.764. The van der Waals surface area contributed by atoms with Crippen molar-refractivity contribution in [1.29, 1.82) is 0 Å². The zero-order valence-corrected chi connectivity index (χ0v) is 14.9. The molecule has 7 nitrogen and oxygen atoms in total. The Morgan fingerprint density at radius 2 is 2.04 bits per heavy atom. The predicted molar refractivity (Wildman–Crippen MR) is 101 cm³/mol. The van der Waals surface area contributed by atoms with Crippen molar-refractivity contribution >= 4 is 28.2 Å². The van der Waals surface area contributed by atoms with Crippen LogP contribution in [-0.2, 0) is 4.79 Å². The first kappa shape index (κ1) is 16.6. The zero-order chi connectivity index (χ0) is 17.8. The molecule has 26 heavy (non-hydrogen) atoms. The number of aromatic nitrogens is 4. The third-order valence-corrected chi connectivity index (χ3v) is 5.09. The van der Waals surface area contributed by atoms with Gasteiger partial charge in [0.25, 0.3) is 0 Å². The molecule has 1 fully saturated rings. The molecular weight excluding hydrogens is 348 g/mol. The van der Waals surface area contributed by atoms with Crippen LogP contribution in [0.5, 0.6) is 0 Å². The van der Waals surface area contributed by atoms with Gasteiger partial charge in [-0.05, 0) is 37.1 Å². The highest BCUT2D eigenvalue weighted by Gasteiger charge is 2.27. The lowest BCUT2D eigenvalue weighted by molar-refractivity contribution is -0.120. The summed E-state index contributed by atoms with van der Waals surface area (Å²) < 4.78 is 0. The standard InChI is InChI=1S/C18H18N6OS/c25-17(21-18-20-9-11-26-18)14-2-1-10-24(12-14)16-4-3-15(22-23-16)13-5-7-19-8-6-13/h3-9,11,14H,1-2,10,12H2,(H,20,21,25). The van der Waals surface area contributed by atoms with E-state index in [1.165, 1.54) is 11.3 Å². The number of carbonyl (C=O) groups excluding carboxylic acids is 1. The minimum atomic E-state index is -0.0747. The number of nitrogens with one attached hydrogen (secondary N) is 1. The van der Waals surface area contributed by atoms with Crippen LogP contribution in [-0.4, -0.2) is 39.2 Å². The molecule has 0 aliphatic carbocycles. The second-order valence-corrected chi connectivity index (χ2v) is 7.02. The van der Waals surface area contributed by atoms with Gasteiger partial charge in [-0.15, -0.1) is 21.5 Å². The summed E-state index contributed by atoms with van der Waals surface area (Å²) in [6.07, 6.45) is 6.98. The van der Waals surface area contributed by atoms with E-state index in [1.807, 2.05) is 29.6 Å². The van der Waals surface area contributed by atoms with Gasteiger partial charge in [-0.1, -0.05) is 0 Å². The molecule has 1 unspecified atom stereocenters. The van der Waals surface area contributed by atoms with E-state index in [9.17, 15) is 4.79 Å². The van der Waals surface area contributed by atoms with Gasteiger partial charge >= 0.3 is 0 Å². The molecule has 1 amide bonds. The molecular formula is C18H18N6OS. The molecule has 1 N–H and O–H groups in total. The molecule has 3 aromatic rings. The Morgan fingerprint density at radius 3 is 2.77 bits per heavy atom. The Labute approximate surface area is 155 Å². The zero-order valence-electron chi connectivity index (χ0n) is 14.1. The summed E-state index contributed by atoms with van der Waals surface area (Å²) in [5, 5.41) is 14.1. The SMILES string of the molecule is O=C(Nc1nccs1)C1CCCN(c2ccc(-c3ccncc3)nn2)C1. The molecule has 4 heterocycles. The van der Waals surface area contributed by atoms with Crippen LogP contribution in [0.3, 0.4) is 0 Å². The lowest BCUT2D eigenvalue weighted by Crippen LogP contribution is -2.41. The molecule has 1 aliphatic heterocycles. The second kappa shape index (κ2) is 7.57. The van der Waals surface area contributed by atoms with Gasteiger partial charge < -0.3 is 10.2 Å². The third kappa shape index (κ3) is 3.70. The molecule has 0 saturated carbocycles. The van der Waals surface area contributed by atoms with Crippen molar-refractivity contribution < 1.29 is 4.79 Å². The predicted octanol–water partition coefficient (Wildman–Crippen LogP) is 2.85. The molecule has 4 rings (SSSR count). The lowest BCUT2D eigenvalue weighted by atomic mass is 9.97. The summed E-state index contributed by atoms with van der Waals surface area (Å²) in [6, 6.07) is 7.73. The van der Waals surface area contributed by atoms with Gasteiger partial charge in [-0.3, -0.25) is 9.78 Å². The summed E-state index contributed by atoms with van der Waals surface area (Å²) in [4.78, 5) is 22.7. The van der Waals surface area contributed by atoms with E-state index >= 15 is 0 Å². The molecule has 1 aliphatic rings. The largest absolute Gasteiger partial charge is 0.354 e. The average Bonchev–Trinajstić information content (AvgIpc) is 3.22. The van der Waals surface area contributed by atoms with Gasteiger partial charge in [-0.2, -0.15) is 0 Å². The van der Waals surface area contributed by atoms with E-state index in [0.29, 0.717) is 11.7 Å². The van der Waals surface area contributed by atoms with Gasteiger partial charge in [0.05, 0.1) is 11.6 Å². The Hall–Kier alpha value is -2.87. The van der Waals surface area contributed by atoms with E-state index in [0.717, 1.165) is 36.5 Å². The maximum atomic E-state index is 12.5. The minimum Gasteiger partial charge on any atom is -0.354 e. The number of anilines is 2. The average molecular weight is 366 g/mol. The molecule has 0 aromatic carbocycles. The van der Waals surface area contributed by atoms with Crippen LogP contribution in [0.4, 0.5) is 10.9 Å². The number of rotatable bonds is 4. The lowest BCUT2D eigenvalue weighted by Gasteiger charge is -2.32. The molecule has 1 saturated heterocycles. The summed E-state index contributed by atoms with van der Waals surface area (Å²) in [7, 11) is 0. The first-order valence-corrected chi connectivity index (χ1v) is 9.37. The van der Waals surface area contributed by atoms with Crippen molar-refractivity contribution in [2.24, 2.45) is 5.92 Å². The molecule has 8 heteroatoms. The van der Waals surface area contributed by atoms with Crippen molar-refractivity contribution in [3.63, 3.8) is 0 Å². The maximum Gasteiger partial charge on any atom is 0.231 e. The van der Waals surface area contributed by atoms with E-state index < -0.39 is 0 Å². The summed E-state index contributed by atoms with van der Waals surface area (Å²) in [5.74, 6) is 0.745. The fraction of sp³-hybridized carbons (Fsp3) is 0.278. The number of piperidine rings is 1. The Bertz CT molecular complexity index is 853. The van der Waals surface area contributed by atoms with Crippen LogP contribution >= 0.6 is 11.3 Å². The molecule has 3 aromatic heterocycles. The molecule has 0 bridgehead atoms. The van der Waals surface area contributed by atoms with Gasteiger partial charge in [0.1, 0.15) is 0 Å². The van der Waals surface area contributed by atoms with Crippen molar-refractivity contribution in [3.05, 3.63) is 48.2 Å². The van der Waals surface area contributed by atoms with Gasteiger partial charge in [0.2, 0.25) is 5.91 Å². The van der Waals surface area contributed by atoms with E-state index in [1.54, 1.807) is 18.6 Å². The fourth-order valence-electron chi connectivity index (χ4n) is 3.06. The number of hydrogen-bond donors (Lipinski definition) is 1. The number of thiazole rings is 1. The minimum absolute atomic E-state index is 0.0195. The van der Waals surface area contributed by atoms with Crippen molar-refractivity contribution in [3.8, 4) is 11.3 Å². The van der Waals surface area contributed by atoms with Gasteiger partial charge in [0, 0.05) is 42.6 Å². The Balaban J connectivity index is 1.43. The van der Waals surface area contributed by atoms with E-state index in [2.05, 4.69) is 30.4 Å². The molecule has 1 atom stereocenters. The second-order valence-electron chi connectivity index (χ2n) is 6.12. The van der Waals surface area contributed by atoms with Crippen LogP contribution in [0.15, 0.2) is 48.2 Å². The Morgan fingerprint density at radius 1 is 1.15 bits per heavy atom. The highest BCUT2D eigenvalue weighted by atomic mass is 32.1. The molecule has 132 valence electrons. The number of hydrogen-bond acceptors (Lipinski definition) is 7. The van der Waals surface area contributed by atoms with Crippen molar-refractivity contribution in [1.82, 2.24) is 20.2 Å². The smallest absolute Gasteiger partial charge is 0.231 e. The highest BCUT2D eigenvalue weighted by Crippen LogP contribution is 2.24. The summed E-state index contributed by atoms with van der Waals surface area (Å²) in [5.41, 5.74) is 1.80. The van der Waals surface area contributed by atoms with Crippen molar-refractivity contribution in [2.75, 3.05) is 23.3 Å². The number of amides is 1. The van der Waals surface area contributed by atoms with Crippen LogP contribution in [0, 0.1) is 5.92 Å². The van der Waals surface area contributed by atoms with Crippen LogP contribution in [0.1, 0.15) is 12.8 Å². The number of nitrogens with zero attached hydrogens (tertiary/aromatic N) is 5. The summed E-state index contributed by atoms with van der Waals surface area (Å²) in [6.45, 7) is 1.52. The van der Waals surface area contributed by atoms with Crippen molar-refractivity contribution in [2.45, 2.75) is 12.8 Å². The topological polar surface area (TPSA) is 83.9 Å². The fourth-order valence-corrected chi connectivity index (χ4v) is 3.59. The summed E-state index contributed by atoms with van der Waals surface area (Å²) >= 11 is 1.43. The van der Waals surface area contributed by atoms with E-state index in [-0.39, 0.29) is 11.8 Å². The maximum absolute atomic E-state index is 12.5. The first-order valence-electron chi connectivity index (χ1n) is 8.49. The first-order chi connectivity index (χ1) is 12.8. The van der Waals surface area contributed by atoms with Crippen LogP contribution in [0.25, 0.3) is 11.3 Å². The number of pyridine rings is 1. The third-order valence-electron chi connectivity index (χ3n) is 4.41. The van der Waals surface area contributed by atoms with Crippen LogP contribution < -0.4 is 10.2 Å². The normalized spacial score (nSPS) is 17.1. The van der Waals surface area contributed by atoms with Gasteiger partial charge in [0.15, 0.2) is 10.9 Å². The monoisotopic (exact) mass is 366 g/mol. The highest BCUT2D eigenvalue weighted by molar-refractivity contribution is 7.13. The number of carbonyl (C=O) groups is 1. The molecule has 0 radical (unpaired) electrons.